The van der Waals surface area contributed by atoms with Gasteiger partial charge in [0.2, 0.25) is 0 Å². The van der Waals surface area contributed by atoms with Crippen molar-refractivity contribution in [3.05, 3.63) is 51.8 Å². The van der Waals surface area contributed by atoms with Crippen LogP contribution in [0, 0.1) is 19.3 Å². The highest BCUT2D eigenvalue weighted by Crippen LogP contribution is 2.37. The minimum atomic E-state index is 0. The molecule has 6 heteroatoms. The highest BCUT2D eigenvalue weighted by atomic mass is 35.5. The first-order valence-corrected chi connectivity index (χ1v) is 9.63. The van der Waals surface area contributed by atoms with Crippen molar-refractivity contribution in [2.45, 2.75) is 39.8 Å². The number of nitrogens with one attached hydrogen (secondary N) is 1. The Kier molecular flexibility index (Phi) is 5.97. The predicted molar refractivity (Wildman–Crippen MR) is 109 cm³/mol. The lowest BCUT2D eigenvalue weighted by Crippen LogP contribution is -2.29. The van der Waals surface area contributed by atoms with E-state index in [1.165, 1.54) is 50.3 Å². The Morgan fingerprint density at radius 2 is 2.00 bits per heavy atom. The van der Waals surface area contributed by atoms with Gasteiger partial charge in [-0.05, 0) is 56.8 Å². The smallest absolute Gasteiger partial charge is 0.0677 e. The van der Waals surface area contributed by atoms with Crippen molar-refractivity contribution in [2.24, 2.45) is 5.41 Å². The minimum absolute atomic E-state index is 0. The van der Waals surface area contributed by atoms with Gasteiger partial charge in [-0.2, -0.15) is 5.10 Å². The Morgan fingerprint density at radius 1 is 1.19 bits per heavy atom. The SMILES string of the molecule is Cc1nn(Cc2ccccc2Cl)c(C)c1CN1CCC2(CCNC2)C1.Cl. The van der Waals surface area contributed by atoms with Crippen LogP contribution < -0.4 is 5.32 Å². The third kappa shape index (κ3) is 3.79. The maximum absolute atomic E-state index is 6.32. The molecule has 0 aliphatic carbocycles. The summed E-state index contributed by atoms with van der Waals surface area (Å²) in [6, 6.07) is 8.03. The summed E-state index contributed by atoms with van der Waals surface area (Å²) in [5.74, 6) is 0. The Morgan fingerprint density at radius 3 is 2.73 bits per heavy atom. The number of halogens is 2. The Balaban J connectivity index is 0.00000196. The summed E-state index contributed by atoms with van der Waals surface area (Å²) in [6.45, 7) is 10.9. The van der Waals surface area contributed by atoms with Crippen LogP contribution >= 0.6 is 24.0 Å². The van der Waals surface area contributed by atoms with E-state index >= 15 is 0 Å². The second-order valence-electron chi connectivity index (χ2n) is 7.79. The van der Waals surface area contributed by atoms with Crippen LogP contribution in [0.1, 0.15) is 35.4 Å². The predicted octanol–water partition coefficient (Wildman–Crippen LogP) is 3.81. The number of benzene rings is 1. The molecule has 0 amide bonds. The average molecular weight is 395 g/mol. The first-order valence-electron chi connectivity index (χ1n) is 9.26. The summed E-state index contributed by atoms with van der Waals surface area (Å²) < 4.78 is 2.11. The van der Waals surface area contributed by atoms with Crippen LogP contribution in [0.4, 0.5) is 0 Å². The summed E-state index contributed by atoms with van der Waals surface area (Å²) in [6.07, 6.45) is 2.65. The average Bonchev–Trinajstić information content (AvgIpc) is 3.28. The molecule has 1 atom stereocenters. The van der Waals surface area contributed by atoms with E-state index in [1.807, 2.05) is 18.2 Å². The van der Waals surface area contributed by atoms with Crippen molar-refractivity contribution in [3.8, 4) is 0 Å². The van der Waals surface area contributed by atoms with Gasteiger partial charge in [0, 0.05) is 35.9 Å². The molecule has 2 aromatic rings. The molecular weight excluding hydrogens is 367 g/mol. The molecule has 0 bridgehead atoms. The lowest BCUT2D eigenvalue weighted by molar-refractivity contribution is 0.268. The topological polar surface area (TPSA) is 33.1 Å². The zero-order valence-corrected chi connectivity index (χ0v) is 17.2. The molecule has 2 aliphatic rings. The fourth-order valence-electron chi connectivity index (χ4n) is 4.43. The second kappa shape index (κ2) is 7.89. The molecule has 26 heavy (non-hydrogen) atoms. The molecule has 1 spiro atoms. The van der Waals surface area contributed by atoms with E-state index in [4.69, 9.17) is 16.7 Å². The van der Waals surface area contributed by atoms with Crippen LogP contribution in [0.2, 0.25) is 5.02 Å². The monoisotopic (exact) mass is 394 g/mol. The lowest BCUT2D eigenvalue weighted by atomic mass is 9.86. The summed E-state index contributed by atoms with van der Waals surface area (Å²) in [5.41, 5.74) is 5.45. The Labute approximate surface area is 167 Å². The van der Waals surface area contributed by atoms with E-state index in [2.05, 4.69) is 34.8 Å². The molecule has 4 nitrogen and oxygen atoms in total. The van der Waals surface area contributed by atoms with Crippen molar-refractivity contribution >= 4 is 24.0 Å². The second-order valence-corrected chi connectivity index (χ2v) is 8.19. The van der Waals surface area contributed by atoms with E-state index in [-0.39, 0.29) is 12.4 Å². The fraction of sp³-hybridized carbons (Fsp3) is 0.550. The highest BCUT2D eigenvalue weighted by molar-refractivity contribution is 6.31. The molecule has 3 heterocycles. The van der Waals surface area contributed by atoms with Gasteiger partial charge in [-0.1, -0.05) is 29.8 Å². The zero-order valence-electron chi connectivity index (χ0n) is 15.6. The normalized spacial score (nSPS) is 22.9. The maximum Gasteiger partial charge on any atom is 0.0677 e. The van der Waals surface area contributed by atoms with Gasteiger partial charge >= 0.3 is 0 Å². The van der Waals surface area contributed by atoms with Crippen LogP contribution in [0.25, 0.3) is 0 Å². The quantitative estimate of drug-likeness (QED) is 0.855. The van der Waals surface area contributed by atoms with E-state index < -0.39 is 0 Å². The summed E-state index contributed by atoms with van der Waals surface area (Å²) >= 11 is 6.32. The van der Waals surface area contributed by atoms with Crippen LogP contribution in [0.3, 0.4) is 0 Å². The number of nitrogens with zero attached hydrogens (tertiary/aromatic N) is 3. The molecule has 2 aliphatic heterocycles. The number of rotatable bonds is 4. The Hall–Kier alpha value is -1.07. The molecule has 1 unspecified atom stereocenters. The molecular formula is C20H28Cl2N4. The number of aryl methyl sites for hydroxylation is 1. The maximum atomic E-state index is 6.32. The largest absolute Gasteiger partial charge is 0.316 e. The van der Waals surface area contributed by atoms with Crippen LogP contribution in [0.15, 0.2) is 24.3 Å². The molecule has 0 saturated carbocycles. The number of aromatic nitrogens is 2. The van der Waals surface area contributed by atoms with E-state index in [9.17, 15) is 0 Å². The van der Waals surface area contributed by atoms with Crippen LogP contribution in [0.5, 0.6) is 0 Å². The standard InChI is InChI=1S/C20H27ClN4.ClH/c1-15-18(12-24-10-8-20(14-24)7-9-22-13-20)16(2)25(23-15)11-17-5-3-4-6-19(17)21;/h3-6,22H,7-14H2,1-2H3;1H. The van der Waals surface area contributed by atoms with Gasteiger partial charge in [0.25, 0.3) is 0 Å². The van der Waals surface area contributed by atoms with Crippen molar-refractivity contribution in [3.63, 3.8) is 0 Å². The van der Waals surface area contributed by atoms with Crippen molar-refractivity contribution in [2.75, 3.05) is 26.2 Å². The van der Waals surface area contributed by atoms with Gasteiger partial charge in [0.15, 0.2) is 0 Å². The lowest BCUT2D eigenvalue weighted by Gasteiger charge is -2.23. The molecule has 2 saturated heterocycles. The summed E-state index contributed by atoms with van der Waals surface area (Å²) in [7, 11) is 0. The molecule has 142 valence electrons. The zero-order chi connectivity index (χ0) is 17.4. The summed E-state index contributed by atoms with van der Waals surface area (Å²) in [5, 5.41) is 9.15. The van der Waals surface area contributed by atoms with Gasteiger partial charge in [0.05, 0.1) is 12.2 Å². The van der Waals surface area contributed by atoms with E-state index in [0.29, 0.717) is 5.41 Å². The molecule has 1 aromatic carbocycles. The van der Waals surface area contributed by atoms with E-state index in [0.717, 1.165) is 29.4 Å². The third-order valence-corrected chi connectivity index (χ3v) is 6.41. The highest BCUT2D eigenvalue weighted by Gasteiger charge is 2.40. The number of hydrogen-bond acceptors (Lipinski definition) is 3. The fourth-order valence-corrected chi connectivity index (χ4v) is 4.63. The molecule has 0 radical (unpaired) electrons. The first-order chi connectivity index (χ1) is 12.1. The first kappa shape index (κ1) is 19.7. The van der Waals surface area contributed by atoms with Crippen LogP contribution in [-0.2, 0) is 13.1 Å². The number of hydrogen-bond donors (Lipinski definition) is 1. The summed E-state index contributed by atoms with van der Waals surface area (Å²) in [4.78, 5) is 2.61. The molecule has 1 N–H and O–H groups in total. The van der Waals surface area contributed by atoms with Gasteiger partial charge in [-0.25, -0.2) is 0 Å². The van der Waals surface area contributed by atoms with Gasteiger partial charge in [-0.15, -0.1) is 12.4 Å². The molecule has 1 aromatic heterocycles. The third-order valence-electron chi connectivity index (χ3n) is 6.04. The number of likely N-dealkylation sites (tertiary alicyclic amines) is 1. The molecule has 2 fully saturated rings. The van der Waals surface area contributed by atoms with Gasteiger partial charge < -0.3 is 5.32 Å². The van der Waals surface area contributed by atoms with Gasteiger partial charge in [-0.3, -0.25) is 9.58 Å². The van der Waals surface area contributed by atoms with E-state index in [1.54, 1.807) is 0 Å². The van der Waals surface area contributed by atoms with Gasteiger partial charge in [0.1, 0.15) is 0 Å². The van der Waals surface area contributed by atoms with Crippen molar-refractivity contribution < 1.29 is 0 Å². The Bertz CT molecular complexity index is 765. The minimum Gasteiger partial charge on any atom is -0.316 e. The molecule has 4 rings (SSSR count). The van der Waals surface area contributed by atoms with Crippen molar-refractivity contribution in [1.29, 1.82) is 0 Å². The van der Waals surface area contributed by atoms with Crippen LogP contribution in [-0.4, -0.2) is 40.9 Å². The van der Waals surface area contributed by atoms with Crippen molar-refractivity contribution in [1.82, 2.24) is 20.0 Å².